The van der Waals surface area contributed by atoms with Crippen LogP contribution in [0.4, 0.5) is 26.3 Å². The minimum Gasteiger partial charge on any atom is -0.518 e. The summed E-state index contributed by atoms with van der Waals surface area (Å²) in [6, 6.07) is 22.0. The van der Waals surface area contributed by atoms with Gasteiger partial charge in [-0.1, -0.05) is 48.5 Å². The van der Waals surface area contributed by atoms with Crippen molar-refractivity contribution < 1.29 is 55.6 Å². The zero-order valence-corrected chi connectivity index (χ0v) is 21.7. The fourth-order valence-corrected chi connectivity index (χ4v) is 4.18. The fourth-order valence-electron chi connectivity index (χ4n) is 4.18. The van der Waals surface area contributed by atoms with E-state index in [1.807, 2.05) is 18.2 Å². The number of fused-ring (bicyclic) bond motifs is 3. The molecule has 0 N–H and O–H groups in total. The molecule has 199 valence electrons. The van der Waals surface area contributed by atoms with Crippen LogP contribution in [0.25, 0.3) is 44.0 Å². The van der Waals surface area contributed by atoms with Crippen molar-refractivity contribution >= 4 is 32.5 Å². The Morgan fingerprint density at radius 1 is 0.692 bits per heavy atom. The van der Waals surface area contributed by atoms with E-state index in [9.17, 15) is 26.3 Å². The molecule has 0 fully saturated rings. The summed E-state index contributed by atoms with van der Waals surface area (Å²) < 4.78 is 91.6. The SMILES string of the molecule is FC(F)(F)c1cc(Oc2nnc(-c3[c-]c4ccccc4o3)c3cc4ccccc4cc23)cc(C(F)(F)F)c1.[Ir]. The molecule has 0 saturated heterocycles. The van der Waals surface area contributed by atoms with Gasteiger partial charge < -0.3 is 9.15 Å². The zero-order valence-electron chi connectivity index (χ0n) is 19.3. The van der Waals surface area contributed by atoms with Crippen LogP contribution < -0.4 is 4.74 Å². The Morgan fingerprint density at radius 2 is 1.28 bits per heavy atom. The van der Waals surface area contributed by atoms with Crippen molar-refractivity contribution in [2.24, 2.45) is 0 Å². The molecule has 0 amide bonds. The number of hydrogen-bond acceptors (Lipinski definition) is 4. The van der Waals surface area contributed by atoms with Crippen LogP contribution in [-0.2, 0) is 32.5 Å². The van der Waals surface area contributed by atoms with Crippen LogP contribution in [0.1, 0.15) is 11.1 Å². The third-order valence-corrected chi connectivity index (χ3v) is 5.95. The molecular formula is C28H13F6IrN2O2-. The number of benzene rings is 4. The van der Waals surface area contributed by atoms with Gasteiger partial charge in [0.2, 0.25) is 5.88 Å². The number of alkyl halides is 6. The van der Waals surface area contributed by atoms with Gasteiger partial charge >= 0.3 is 12.4 Å². The predicted octanol–water partition coefficient (Wildman–Crippen LogP) is 8.82. The first kappa shape index (κ1) is 26.6. The Balaban J connectivity index is 0.00000308. The molecule has 1 radical (unpaired) electrons. The maximum atomic E-state index is 13.4. The van der Waals surface area contributed by atoms with Gasteiger partial charge in [0.25, 0.3) is 0 Å². The molecule has 11 heteroatoms. The summed E-state index contributed by atoms with van der Waals surface area (Å²) in [7, 11) is 0. The average molecular weight is 716 g/mol. The topological polar surface area (TPSA) is 48.2 Å². The molecule has 4 aromatic carbocycles. The molecule has 39 heavy (non-hydrogen) atoms. The maximum absolute atomic E-state index is 13.4. The monoisotopic (exact) mass is 716 g/mol. The summed E-state index contributed by atoms with van der Waals surface area (Å²) in [5.74, 6) is -0.680. The van der Waals surface area contributed by atoms with E-state index in [2.05, 4.69) is 16.3 Å². The first-order valence-electron chi connectivity index (χ1n) is 11.1. The second-order valence-electron chi connectivity index (χ2n) is 8.49. The standard InChI is InChI=1S/C28H13F6N2O2.Ir/c29-27(30,31)18-12-19(28(32,33)34)14-20(13-18)37-26-22-10-16-6-2-1-5-15(16)9-21(22)25(35-36-26)24-11-17-7-3-4-8-23(17)38-24;/h1-10,12-14H;/q-1;. The summed E-state index contributed by atoms with van der Waals surface area (Å²) in [6.45, 7) is 0. The minimum absolute atomic E-state index is 0. The first-order valence-corrected chi connectivity index (χ1v) is 11.1. The molecular weight excluding hydrogens is 703 g/mol. The van der Waals surface area contributed by atoms with E-state index in [1.54, 1.807) is 42.5 Å². The van der Waals surface area contributed by atoms with Gasteiger partial charge in [0.15, 0.2) is 0 Å². The Labute approximate surface area is 229 Å². The quantitative estimate of drug-likeness (QED) is 0.104. The number of furan rings is 1. The first-order chi connectivity index (χ1) is 18.1. The Kier molecular flexibility index (Phi) is 6.60. The second kappa shape index (κ2) is 9.66. The normalized spacial score (nSPS) is 12.2. The summed E-state index contributed by atoms with van der Waals surface area (Å²) in [6.07, 6.45) is -10.0. The Morgan fingerprint density at radius 3 is 1.90 bits per heavy atom. The van der Waals surface area contributed by atoms with E-state index in [4.69, 9.17) is 9.15 Å². The minimum atomic E-state index is -5.02. The molecule has 2 aromatic heterocycles. The molecule has 4 nitrogen and oxygen atoms in total. The van der Waals surface area contributed by atoms with E-state index < -0.39 is 29.2 Å². The van der Waals surface area contributed by atoms with Gasteiger partial charge in [0.05, 0.1) is 22.6 Å². The van der Waals surface area contributed by atoms with Crippen molar-refractivity contribution in [3.05, 3.63) is 96.1 Å². The van der Waals surface area contributed by atoms with Crippen molar-refractivity contribution in [1.82, 2.24) is 10.2 Å². The van der Waals surface area contributed by atoms with Crippen LogP contribution in [0.2, 0.25) is 0 Å². The summed E-state index contributed by atoms with van der Waals surface area (Å²) in [5, 5.41) is 11.2. The third-order valence-electron chi connectivity index (χ3n) is 5.95. The van der Waals surface area contributed by atoms with E-state index in [-0.39, 0.29) is 43.5 Å². The van der Waals surface area contributed by atoms with E-state index in [0.717, 1.165) is 10.8 Å². The van der Waals surface area contributed by atoms with Crippen molar-refractivity contribution in [3.63, 3.8) is 0 Å². The van der Waals surface area contributed by atoms with Gasteiger partial charge in [0, 0.05) is 31.1 Å². The number of aromatic nitrogens is 2. The molecule has 0 saturated carbocycles. The molecule has 6 aromatic rings. The van der Waals surface area contributed by atoms with Gasteiger partial charge in [-0.15, -0.1) is 22.6 Å². The average Bonchev–Trinajstić information content (AvgIpc) is 3.31. The number of hydrogen-bond donors (Lipinski definition) is 0. The maximum Gasteiger partial charge on any atom is 0.416 e. The predicted molar refractivity (Wildman–Crippen MR) is 128 cm³/mol. The van der Waals surface area contributed by atoms with Gasteiger partial charge in [-0.2, -0.15) is 31.4 Å². The van der Waals surface area contributed by atoms with Crippen molar-refractivity contribution in [1.29, 1.82) is 0 Å². The van der Waals surface area contributed by atoms with Crippen molar-refractivity contribution in [2.45, 2.75) is 12.4 Å². The van der Waals surface area contributed by atoms with Gasteiger partial charge in [-0.25, -0.2) is 0 Å². The molecule has 0 bridgehead atoms. The largest absolute Gasteiger partial charge is 0.518 e. The molecule has 0 aliphatic rings. The zero-order chi connectivity index (χ0) is 26.7. The molecule has 0 aliphatic carbocycles. The Bertz CT molecular complexity index is 1780. The van der Waals surface area contributed by atoms with Crippen LogP contribution in [0.15, 0.2) is 83.3 Å². The Hall–Kier alpha value is -3.95. The molecule has 0 atom stereocenters. The number of nitrogens with zero attached hydrogens (tertiary/aromatic N) is 2. The molecule has 0 aliphatic heterocycles. The molecule has 6 rings (SSSR count). The molecule has 0 spiro atoms. The van der Waals surface area contributed by atoms with Crippen LogP contribution >= 0.6 is 0 Å². The summed E-state index contributed by atoms with van der Waals surface area (Å²) in [4.78, 5) is 0. The van der Waals surface area contributed by atoms with Crippen LogP contribution in [0.5, 0.6) is 11.6 Å². The number of para-hydroxylation sites is 1. The van der Waals surface area contributed by atoms with Crippen LogP contribution in [0.3, 0.4) is 0 Å². The van der Waals surface area contributed by atoms with E-state index >= 15 is 0 Å². The summed E-state index contributed by atoms with van der Waals surface area (Å²) >= 11 is 0. The van der Waals surface area contributed by atoms with Crippen molar-refractivity contribution in [3.8, 4) is 23.1 Å². The van der Waals surface area contributed by atoms with E-state index in [0.29, 0.717) is 33.9 Å². The van der Waals surface area contributed by atoms with Crippen molar-refractivity contribution in [2.75, 3.05) is 0 Å². The smallest absolute Gasteiger partial charge is 0.416 e. The van der Waals surface area contributed by atoms with Gasteiger partial charge in [0.1, 0.15) is 5.75 Å². The molecule has 0 unspecified atom stereocenters. The summed E-state index contributed by atoms with van der Waals surface area (Å²) in [5.41, 5.74) is -2.16. The van der Waals surface area contributed by atoms with Crippen LogP contribution in [0, 0.1) is 6.07 Å². The fraction of sp³-hybridized carbons (Fsp3) is 0.0714. The van der Waals surface area contributed by atoms with Crippen LogP contribution in [-0.4, -0.2) is 10.2 Å². The number of halogens is 6. The second-order valence-corrected chi connectivity index (χ2v) is 8.49. The van der Waals surface area contributed by atoms with Gasteiger partial charge in [-0.3, -0.25) is 0 Å². The number of ether oxygens (including phenoxy) is 1. The number of rotatable bonds is 3. The molecule has 2 heterocycles. The van der Waals surface area contributed by atoms with E-state index in [1.165, 1.54) is 0 Å². The van der Waals surface area contributed by atoms with Gasteiger partial charge in [-0.05, 0) is 40.4 Å². The third kappa shape index (κ3) is 5.07.